The fraction of sp³-hybridized carbons (Fsp3) is 0.333. The van der Waals surface area contributed by atoms with Crippen LogP contribution in [-0.2, 0) is 16.5 Å². The van der Waals surface area contributed by atoms with Crippen LogP contribution in [0.2, 0.25) is 0 Å². The van der Waals surface area contributed by atoms with Gasteiger partial charge in [-0.1, -0.05) is 15.9 Å². The lowest BCUT2D eigenvalue weighted by atomic mass is 10.1. The van der Waals surface area contributed by atoms with Gasteiger partial charge < -0.3 is 5.11 Å². The largest absolute Gasteiger partial charge is 0.481 e. The Bertz CT molecular complexity index is 412. The van der Waals surface area contributed by atoms with Crippen LogP contribution in [0.3, 0.4) is 0 Å². The zero-order valence-corrected chi connectivity index (χ0v) is 9.47. The van der Waals surface area contributed by atoms with Crippen molar-refractivity contribution in [2.24, 2.45) is 0 Å². The first kappa shape index (κ1) is 13.0. The van der Waals surface area contributed by atoms with Crippen molar-refractivity contribution < 1.29 is 23.1 Å². The molecule has 1 rings (SSSR count). The standard InChI is InChI=1S/C9H7BrF3NO2/c10-3-6-8(9(12)13)5(11)1-4(14-6)2-7(15)16/h1,9H,2-3H2,(H,15,16). The lowest BCUT2D eigenvalue weighted by Crippen LogP contribution is -2.08. The van der Waals surface area contributed by atoms with Crippen LogP contribution < -0.4 is 0 Å². The summed E-state index contributed by atoms with van der Waals surface area (Å²) in [4.78, 5) is 14.0. The third-order valence-electron chi connectivity index (χ3n) is 1.82. The molecule has 0 saturated carbocycles. The lowest BCUT2D eigenvalue weighted by Gasteiger charge is -2.08. The van der Waals surface area contributed by atoms with Crippen LogP contribution in [-0.4, -0.2) is 16.1 Å². The average Bonchev–Trinajstić information content (AvgIpc) is 2.14. The first-order chi connectivity index (χ1) is 7.45. The van der Waals surface area contributed by atoms with E-state index in [2.05, 4.69) is 20.9 Å². The second-order valence-electron chi connectivity index (χ2n) is 2.96. The van der Waals surface area contributed by atoms with E-state index in [1.807, 2.05) is 0 Å². The maximum Gasteiger partial charge on any atom is 0.309 e. The van der Waals surface area contributed by atoms with Gasteiger partial charge in [0.1, 0.15) is 5.82 Å². The highest BCUT2D eigenvalue weighted by atomic mass is 79.9. The van der Waals surface area contributed by atoms with Crippen LogP contribution in [0.4, 0.5) is 13.2 Å². The van der Waals surface area contributed by atoms with Crippen molar-refractivity contribution in [2.45, 2.75) is 18.2 Å². The SMILES string of the molecule is O=C(O)Cc1cc(F)c(C(F)F)c(CBr)n1. The van der Waals surface area contributed by atoms with E-state index in [-0.39, 0.29) is 16.7 Å². The first-order valence-corrected chi connectivity index (χ1v) is 5.32. The number of pyridine rings is 1. The molecule has 1 aromatic heterocycles. The molecule has 0 atom stereocenters. The molecule has 0 fully saturated rings. The second kappa shape index (κ2) is 5.29. The molecular formula is C9H7BrF3NO2. The molecule has 3 nitrogen and oxygen atoms in total. The summed E-state index contributed by atoms with van der Waals surface area (Å²) < 4.78 is 38.2. The number of rotatable bonds is 4. The van der Waals surface area contributed by atoms with Gasteiger partial charge in [0.25, 0.3) is 6.43 Å². The van der Waals surface area contributed by atoms with E-state index in [9.17, 15) is 18.0 Å². The van der Waals surface area contributed by atoms with Gasteiger partial charge in [0.15, 0.2) is 0 Å². The second-order valence-corrected chi connectivity index (χ2v) is 3.52. The number of aliphatic carboxylic acids is 1. The summed E-state index contributed by atoms with van der Waals surface area (Å²) in [5.74, 6) is -2.33. The normalized spacial score (nSPS) is 10.8. The van der Waals surface area contributed by atoms with Crippen molar-refractivity contribution >= 4 is 21.9 Å². The molecule has 0 saturated heterocycles. The molecule has 16 heavy (non-hydrogen) atoms. The van der Waals surface area contributed by atoms with Crippen molar-refractivity contribution in [2.75, 3.05) is 0 Å². The van der Waals surface area contributed by atoms with Gasteiger partial charge in [-0.2, -0.15) is 0 Å². The Balaban J connectivity index is 3.20. The number of aromatic nitrogens is 1. The Morgan fingerprint density at radius 1 is 1.56 bits per heavy atom. The van der Waals surface area contributed by atoms with E-state index in [0.717, 1.165) is 6.07 Å². The number of carboxylic acids is 1. The fourth-order valence-electron chi connectivity index (χ4n) is 1.21. The molecule has 1 aromatic rings. The van der Waals surface area contributed by atoms with Gasteiger partial charge in [-0.15, -0.1) is 0 Å². The van der Waals surface area contributed by atoms with E-state index in [1.165, 1.54) is 0 Å². The molecule has 0 amide bonds. The van der Waals surface area contributed by atoms with Gasteiger partial charge >= 0.3 is 5.97 Å². The molecule has 0 aliphatic rings. The molecule has 1 N–H and O–H groups in total. The number of carboxylic acid groups (broad SMARTS) is 1. The van der Waals surface area contributed by atoms with Gasteiger partial charge in [-0.05, 0) is 6.07 Å². The predicted molar refractivity (Wildman–Crippen MR) is 53.1 cm³/mol. The molecule has 0 bridgehead atoms. The van der Waals surface area contributed by atoms with E-state index < -0.39 is 30.2 Å². The molecule has 1 heterocycles. The lowest BCUT2D eigenvalue weighted by molar-refractivity contribution is -0.136. The zero-order chi connectivity index (χ0) is 12.3. The summed E-state index contributed by atoms with van der Waals surface area (Å²) in [5.41, 5.74) is -1.04. The average molecular weight is 298 g/mol. The predicted octanol–water partition coefficient (Wildman–Crippen LogP) is 2.68. The Morgan fingerprint density at radius 2 is 2.19 bits per heavy atom. The summed E-state index contributed by atoms with van der Waals surface area (Å²) >= 11 is 2.90. The molecule has 0 aliphatic heterocycles. The van der Waals surface area contributed by atoms with Gasteiger partial charge in [-0.3, -0.25) is 9.78 Å². The number of carbonyl (C=O) groups is 1. The minimum Gasteiger partial charge on any atom is -0.481 e. The Hall–Kier alpha value is -1.11. The smallest absolute Gasteiger partial charge is 0.309 e. The highest BCUT2D eigenvalue weighted by molar-refractivity contribution is 9.08. The van der Waals surface area contributed by atoms with Crippen LogP contribution in [0.5, 0.6) is 0 Å². The van der Waals surface area contributed by atoms with Gasteiger partial charge in [0.05, 0.1) is 23.4 Å². The third kappa shape index (κ3) is 2.94. The van der Waals surface area contributed by atoms with Crippen LogP contribution in [0.1, 0.15) is 23.4 Å². The third-order valence-corrected chi connectivity index (χ3v) is 2.35. The number of halogens is 4. The van der Waals surface area contributed by atoms with Crippen molar-refractivity contribution in [1.82, 2.24) is 4.98 Å². The topological polar surface area (TPSA) is 50.2 Å². The highest BCUT2D eigenvalue weighted by Gasteiger charge is 2.20. The molecule has 88 valence electrons. The number of nitrogens with zero attached hydrogens (tertiary/aromatic N) is 1. The maximum absolute atomic E-state index is 13.3. The Kier molecular flexibility index (Phi) is 4.28. The summed E-state index contributed by atoms with van der Waals surface area (Å²) in [6.45, 7) is 0. The van der Waals surface area contributed by atoms with Crippen LogP contribution in [0.25, 0.3) is 0 Å². The van der Waals surface area contributed by atoms with Crippen LogP contribution in [0, 0.1) is 5.82 Å². The molecule has 0 aliphatic carbocycles. The van der Waals surface area contributed by atoms with E-state index in [1.54, 1.807) is 0 Å². The van der Waals surface area contributed by atoms with E-state index in [4.69, 9.17) is 5.11 Å². The van der Waals surface area contributed by atoms with E-state index in [0.29, 0.717) is 0 Å². The van der Waals surface area contributed by atoms with Gasteiger partial charge in [0, 0.05) is 5.33 Å². The number of hydrogen-bond donors (Lipinski definition) is 1. The Morgan fingerprint density at radius 3 is 2.62 bits per heavy atom. The summed E-state index contributed by atoms with van der Waals surface area (Å²) in [5, 5.41) is 8.42. The molecule has 7 heteroatoms. The molecule has 0 aromatic carbocycles. The molecule has 0 spiro atoms. The molecule has 0 radical (unpaired) electrons. The molecule has 0 unspecified atom stereocenters. The minimum atomic E-state index is -2.97. The molecular weight excluding hydrogens is 291 g/mol. The van der Waals surface area contributed by atoms with E-state index >= 15 is 0 Å². The van der Waals surface area contributed by atoms with Gasteiger partial charge in [-0.25, -0.2) is 13.2 Å². The highest BCUT2D eigenvalue weighted by Crippen LogP contribution is 2.26. The van der Waals surface area contributed by atoms with Gasteiger partial charge in [0.2, 0.25) is 0 Å². The summed E-state index contributed by atoms with van der Waals surface area (Å²) in [6.07, 6.45) is -3.47. The van der Waals surface area contributed by atoms with Crippen LogP contribution in [0.15, 0.2) is 6.07 Å². The monoisotopic (exact) mass is 297 g/mol. The first-order valence-electron chi connectivity index (χ1n) is 4.19. The quantitative estimate of drug-likeness (QED) is 0.869. The number of hydrogen-bond acceptors (Lipinski definition) is 2. The summed E-state index contributed by atoms with van der Waals surface area (Å²) in [7, 11) is 0. The maximum atomic E-state index is 13.3. The Labute approximate surface area is 97.4 Å². The van der Waals surface area contributed by atoms with Crippen molar-refractivity contribution in [1.29, 1.82) is 0 Å². The number of alkyl halides is 3. The fourth-order valence-corrected chi connectivity index (χ4v) is 1.63. The van der Waals surface area contributed by atoms with Crippen molar-refractivity contribution in [3.63, 3.8) is 0 Å². The minimum absolute atomic E-state index is 0.0585. The summed E-state index contributed by atoms with van der Waals surface area (Å²) in [6, 6.07) is 0.724. The van der Waals surface area contributed by atoms with Crippen LogP contribution >= 0.6 is 15.9 Å². The zero-order valence-electron chi connectivity index (χ0n) is 7.88. The van der Waals surface area contributed by atoms with Crippen molar-refractivity contribution in [3.8, 4) is 0 Å². The van der Waals surface area contributed by atoms with Crippen molar-refractivity contribution in [3.05, 3.63) is 28.8 Å².